The summed E-state index contributed by atoms with van der Waals surface area (Å²) in [6, 6.07) is 0. The SMILES string of the molecule is CC1OCCC1(CO)CC1CCC(C)(C)O1. The predicted octanol–water partition coefficient (Wildman–Crippen LogP) is 2.12. The van der Waals surface area contributed by atoms with Gasteiger partial charge in [0, 0.05) is 12.0 Å². The average Bonchev–Trinajstić information content (AvgIpc) is 2.72. The molecule has 94 valence electrons. The van der Waals surface area contributed by atoms with Gasteiger partial charge in [-0.15, -0.1) is 0 Å². The van der Waals surface area contributed by atoms with Gasteiger partial charge < -0.3 is 14.6 Å². The molecule has 2 fully saturated rings. The van der Waals surface area contributed by atoms with Crippen LogP contribution < -0.4 is 0 Å². The van der Waals surface area contributed by atoms with Crippen molar-refractivity contribution in [1.82, 2.24) is 0 Å². The van der Waals surface area contributed by atoms with Crippen molar-refractivity contribution < 1.29 is 14.6 Å². The molecule has 0 bridgehead atoms. The highest BCUT2D eigenvalue weighted by Crippen LogP contribution is 2.43. The number of aliphatic hydroxyl groups excluding tert-OH is 1. The summed E-state index contributed by atoms with van der Waals surface area (Å²) >= 11 is 0. The second-order valence-corrected chi connectivity index (χ2v) is 6.03. The van der Waals surface area contributed by atoms with Gasteiger partial charge in [0.05, 0.1) is 24.4 Å². The smallest absolute Gasteiger partial charge is 0.0631 e. The molecule has 2 aliphatic rings. The van der Waals surface area contributed by atoms with Gasteiger partial charge in [-0.3, -0.25) is 0 Å². The van der Waals surface area contributed by atoms with E-state index in [0.717, 1.165) is 32.3 Å². The second kappa shape index (κ2) is 4.28. The molecule has 0 radical (unpaired) electrons. The Morgan fingerprint density at radius 2 is 2.06 bits per heavy atom. The Hall–Kier alpha value is -0.120. The van der Waals surface area contributed by atoms with Gasteiger partial charge in [0.1, 0.15) is 0 Å². The van der Waals surface area contributed by atoms with E-state index in [9.17, 15) is 5.11 Å². The Labute approximate surface area is 98.1 Å². The molecule has 2 aliphatic heterocycles. The van der Waals surface area contributed by atoms with Gasteiger partial charge in [-0.2, -0.15) is 0 Å². The fourth-order valence-corrected chi connectivity index (χ4v) is 3.03. The van der Waals surface area contributed by atoms with Crippen LogP contribution in [0.4, 0.5) is 0 Å². The van der Waals surface area contributed by atoms with Gasteiger partial charge in [0.15, 0.2) is 0 Å². The highest BCUT2D eigenvalue weighted by Gasteiger charge is 2.45. The maximum Gasteiger partial charge on any atom is 0.0631 e. The maximum atomic E-state index is 9.64. The lowest BCUT2D eigenvalue weighted by atomic mass is 9.77. The van der Waals surface area contributed by atoms with Crippen molar-refractivity contribution in [2.75, 3.05) is 13.2 Å². The van der Waals surface area contributed by atoms with E-state index in [-0.39, 0.29) is 23.7 Å². The van der Waals surface area contributed by atoms with Crippen LogP contribution in [-0.4, -0.2) is 36.1 Å². The minimum Gasteiger partial charge on any atom is -0.396 e. The molecule has 0 saturated carbocycles. The van der Waals surface area contributed by atoms with E-state index < -0.39 is 0 Å². The van der Waals surface area contributed by atoms with Gasteiger partial charge in [-0.25, -0.2) is 0 Å². The van der Waals surface area contributed by atoms with Crippen molar-refractivity contribution in [2.24, 2.45) is 5.41 Å². The van der Waals surface area contributed by atoms with E-state index in [0.29, 0.717) is 6.10 Å². The van der Waals surface area contributed by atoms with Crippen molar-refractivity contribution in [3.63, 3.8) is 0 Å². The Morgan fingerprint density at radius 3 is 2.50 bits per heavy atom. The molecule has 0 aromatic carbocycles. The number of hydrogen-bond donors (Lipinski definition) is 1. The van der Waals surface area contributed by atoms with Crippen molar-refractivity contribution in [2.45, 2.75) is 64.3 Å². The summed E-state index contributed by atoms with van der Waals surface area (Å²) in [7, 11) is 0. The van der Waals surface area contributed by atoms with Gasteiger partial charge in [0.25, 0.3) is 0 Å². The molecule has 2 rings (SSSR count). The first kappa shape index (κ1) is 12.3. The third-order valence-electron chi connectivity index (χ3n) is 4.33. The van der Waals surface area contributed by atoms with Crippen LogP contribution in [0.2, 0.25) is 0 Å². The van der Waals surface area contributed by atoms with E-state index in [1.165, 1.54) is 0 Å². The first-order valence-corrected chi connectivity index (χ1v) is 6.38. The first-order chi connectivity index (χ1) is 7.47. The van der Waals surface area contributed by atoms with E-state index in [1.807, 2.05) is 0 Å². The molecule has 2 saturated heterocycles. The molecule has 1 N–H and O–H groups in total. The van der Waals surface area contributed by atoms with Crippen LogP contribution in [0, 0.1) is 5.41 Å². The summed E-state index contributed by atoms with van der Waals surface area (Å²) in [5.41, 5.74) is -0.0465. The Bertz CT molecular complexity index is 252. The summed E-state index contributed by atoms with van der Waals surface area (Å²) in [5.74, 6) is 0. The molecule has 0 aromatic rings. The molecule has 3 unspecified atom stereocenters. The van der Waals surface area contributed by atoms with Crippen molar-refractivity contribution in [3.05, 3.63) is 0 Å². The van der Waals surface area contributed by atoms with Crippen LogP contribution in [0.5, 0.6) is 0 Å². The fraction of sp³-hybridized carbons (Fsp3) is 1.00. The molecule has 0 amide bonds. The molecule has 0 aliphatic carbocycles. The van der Waals surface area contributed by atoms with Gasteiger partial charge >= 0.3 is 0 Å². The zero-order chi connectivity index (χ0) is 11.8. The zero-order valence-electron chi connectivity index (χ0n) is 10.7. The van der Waals surface area contributed by atoms with Gasteiger partial charge in [0.2, 0.25) is 0 Å². The molecule has 16 heavy (non-hydrogen) atoms. The Morgan fingerprint density at radius 1 is 1.31 bits per heavy atom. The average molecular weight is 228 g/mol. The van der Waals surface area contributed by atoms with Crippen LogP contribution in [0.1, 0.15) is 46.5 Å². The number of aliphatic hydroxyl groups is 1. The van der Waals surface area contributed by atoms with Crippen LogP contribution in [0.15, 0.2) is 0 Å². The topological polar surface area (TPSA) is 38.7 Å². The number of rotatable bonds is 3. The van der Waals surface area contributed by atoms with Crippen LogP contribution in [0.25, 0.3) is 0 Å². The van der Waals surface area contributed by atoms with Gasteiger partial charge in [-0.1, -0.05) is 0 Å². The van der Waals surface area contributed by atoms with Crippen LogP contribution in [0.3, 0.4) is 0 Å². The summed E-state index contributed by atoms with van der Waals surface area (Å²) in [6.45, 7) is 7.36. The monoisotopic (exact) mass is 228 g/mol. The van der Waals surface area contributed by atoms with Gasteiger partial charge in [-0.05, 0) is 46.5 Å². The lowest BCUT2D eigenvalue weighted by Gasteiger charge is -2.33. The highest BCUT2D eigenvalue weighted by molar-refractivity contribution is 4.93. The Kier molecular flexibility index (Phi) is 3.30. The summed E-state index contributed by atoms with van der Waals surface area (Å²) in [4.78, 5) is 0. The standard InChI is InChI=1S/C13H24O3/c1-10-13(9-14,6-7-15-10)8-11-4-5-12(2,3)16-11/h10-11,14H,4-9H2,1-3H3. The lowest BCUT2D eigenvalue weighted by molar-refractivity contribution is -0.0585. The largest absolute Gasteiger partial charge is 0.396 e. The quantitative estimate of drug-likeness (QED) is 0.804. The van der Waals surface area contributed by atoms with Crippen molar-refractivity contribution >= 4 is 0 Å². The fourth-order valence-electron chi connectivity index (χ4n) is 3.03. The van der Waals surface area contributed by atoms with Crippen LogP contribution in [-0.2, 0) is 9.47 Å². The van der Waals surface area contributed by atoms with E-state index in [2.05, 4.69) is 20.8 Å². The first-order valence-electron chi connectivity index (χ1n) is 6.38. The molecular formula is C13H24O3. The summed E-state index contributed by atoms with van der Waals surface area (Å²) in [5, 5.41) is 9.64. The minimum absolute atomic E-state index is 0.0179. The highest BCUT2D eigenvalue weighted by atomic mass is 16.5. The minimum atomic E-state index is -0.0644. The zero-order valence-corrected chi connectivity index (χ0v) is 10.7. The number of ether oxygens (including phenoxy) is 2. The van der Waals surface area contributed by atoms with E-state index in [4.69, 9.17) is 9.47 Å². The predicted molar refractivity (Wildman–Crippen MR) is 62.4 cm³/mol. The van der Waals surface area contributed by atoms with E-state index in [1.54, 1.807) is 0 Å². The molecule has 3 atom stereocenters. The molecule has 3 heteroatoms. The third kappa shape index (κ3) is 2.27. The summed E-state index contributed by atoms with van der Waals surface area (Å²) in [6.07, 6.45) is 4.59. The molecule has 2 heterocycles. The van der Waals surface area contributed by atoms with Crippen molar-refractivity contribution in [1.29, 1.82) is 0 Å². The Balaban J connectivity index is 1.98. The molecule has 0 spiro atoms. The van der Waals surface area contributed by atoms with Crippen molar-refractivity contribution in [3.8, 4) is 0 Å². The maximum absolute atomic E-state index is 9.64. The molecule has 0 aromatic heterocycles. The number of hydrogen-bond acceptors (Lipinski definition) is 3. The van der Waals surface area contributed by atoms with Crippen LogP contribution >= 0.6 is 0 Å². The summed E-state index contributed by atoms with van der Waals surface area (Å²) < 4.78 is 11.6. The molecule has 3 nitrogen and oxygen atoms in total. The molecular weight excluding hydrogens is 204 g/mol. The lowest BCUT2D eigenvalue weighted by Crippen LogP contribution is -2.37. The van der Waals surface area contributed by atoms with E-state index >= 15 is 0 Å². The second-order valence-electron chi connectivity index (χ2n) is 6.03. The normalized spacial score (nSPS) is 42.8. The third-order valence-corrected chi connectivity index (χ3v) is 4.33.